The van der Waals surface area contributed by atoms with Crippen LogP contribution in [0.15, 0.2) is 12.4 Å². The van der Waals surface area contributed by atoms with Gasteiger partial charge in [0.25, 0.3) is 0 Å². The molecule has 0 radical (unpaired) electrons. The zero-order chi connectivity index (χ0) is 19.2. The van der Waals surface area contributed by atoms with Crippen molar-refractivity contribution in [2.24, 2.45) is 0 Å². The Morgan fingerprint density at radius 1 is 1.15 bits per heavy atom. The number of nitrogens with zero attached hydrogens (tertiary/aromatic N) is 6. The average molecular weight is 370 g/mol. The van der Waals surface area contributed by atoms with Crippen LogP contribution >= 0.6 is 0 Å². The first-order valence-corrected chi connectivity index (χ1v) is 9.60. The Morgan fingerprint density at radius 3 is 2.44 bits per heavy atom. The van der Waals surface area contributed by atoms with Crippen LogP contribution in [0.1, 0.15) is 80.6 Å². The molecular formula is C19H26N6O2. The third-order valence-corrected chi connectivity index (χ3v) is 5.40. The van der Waals surface area contributed by atoms with Crippen LogP contribution in [0.25, 0.3) is 0 Å². The molecule has 3 heterocycles. The number of carboxylic acids is 1. The lowest BCUT2D eigenvalue weighted by molar-refractivity contribution is 0.0683. The molecule has 2 fully saturated rings. The number of piperidine rings is 1. The number of rotatable bonds is 4. The molecular weight excluding hydrogens is 344 g/mol. The fraction of sp³-hybridized carbons (Fsp3) is 0.632. The van der Waals surface area contributed by atoms with Crippen molar-refractivity contribution in [3.63, 3.8) is 0 Å². The second kappa shape index (κ2) is 6.58. The second-order valence-corrected chi connectivity index (χ2v) is 8.58. The lowest BCUT2D eigenvalue weighted by atomic mass is 9.91. The van der Waals surface area contributed by atoms with Gasteiger partial charge in [-0.3, -0.25) is 0 Å². The lowest BCUT2D eigenvalue weighted by Crippen LogP contribution is -2.35. The highest BCUT2D eigenvalue weighted by Gasteiger charge is 2.31. The molecule has 2 aliphatic rings. The summed E-state index contributed by atoms with van der Waals surface area (Å²) in [5.74, 6) is 0.978. The van der Waals surface area contributed by atoms with Gasteiger partial charge in [0.1, 0.15) is 18.0 Å². The first kappa shape index (κ1) is 17.9. The highest BCUT2D eigenvalue weighted by atomic mass is 16.4. The molecule has 0 unspecified atom stereocenters. The highest BCUT2D eigenvalue weighted by Crippen LogP contribution is 2.38. The predicted molar refractivity (Wildman–Crippen MR) is 100 cm³/mol. The third-order valence-electron chi connectivity index (χ3n) is 5.40. The molecule has 144 valence electrons. The van der Waals surface area contributed by atoms with E-state index in [0.29, 0.717) is 17.8 Å². The van der Waals surface area contributed by atoms with Gasteiger partial charge in [-0.15, -0.1) is 10.2 Å². The van der Waals surface area contributed by atoms with E-state index < -0.39 is 5.97 Å². The Kier molecular flexibility index (Phi) is 4.36. The summed E-state index contributed by atoms with van der Waals surface area (Å²) in [6.07, 6.45) is 6.22. The Hall–Kier alpha value is -2.51. The van der Waals surface area contributed by atoms with E-state index in [0.717, 1.165) is 37.4 Å². The van der Waals surface area contributed by atoms with Crippen LogP contribution in [0.5, 0.6) is 0 Å². The highest BCUT2D eigenvalue weighted by molar-refractivity contribution is 5.83. The Bertz CT molecular complexity index is 844. The van der Waals surface area contributed by atoms with E-state index in [2.05, 4.69) is 29.6 Å². The SMILES string of the molecule is CC(C)(C)c1cc(N2CCC(c3nncn3C3CC3)CC2)nc(C(=O)O)n1. The first-order valence-electron chi connectivity index (χ1n) is 9.60. The molecule has 2 aromatic heterocycles. The summed E-state index contributed by atoms with van der Waals surface area (Å²) in [6.45, 7) is 7.73. The number of aromatic carboxylic acids is 1. The van der Waals surface area contributed by atoms with Crippen molar-refractivity contribution in [2.75, 3.05) is 18.0 Å². The van der Waals surface area contributed by atoms with Gasteiger partial charge in [-0.2, -0.15) is 0 Å². The van der Waals surface area contributed by atoms with E-state index >= 15 is 0 Å². The molecule has 8 nitrogen and oxygen atoms in total. The molecule has 1 aliphatic heterocycles. The summed E-state index contributed by atoms with van der Waals surface area (Å²) in [4.78, 5) is 22.2. The molecule has 27 heavy (non-hydrogen) atoms. The summed E-state index contributed by atoms with van der Waals surface area (Å²) in [6, 6.07) is 2.52. The normalized spacial score (nSPS) is 18.7. The predicted octanol–water partition coefficient (Wildman–Crippen LogP) is 2.78. The molecule has 0 atom stereocenters. The van der Waals surface area contributed by atoms with Gasteiger partial charge >= 0.3 is 5.97 Å². The standard InChI is InChI=1S/C19H26N6O2/c1-19(2,3)14-10-15(22-16(21-14)18(26)27)24-8-6-12(7-9-24)17-23-20-11-25(17)13-4-5-13/h10-13H,4-9H2,1-3H3,(H,26,27). The molecule has 8 heteroatoms. The van der Waals surface area contributed by atoms with E-state index in [4.69, 9.17) is 0 Å². The van der Waals surface area contributed by atoms with E-state index in [9.17, 15) is 9.90 Å². The summed E-state index contributed by atoms with van der Waals surface area (Å²) < 4.78 is 2.24. The molecule has 0 spiro atoms. The maximum absolute atomic E-state index is 11.5. The van der Waals surface area contributed by atoms with E-state index in [1.54, 1.807) is 0 Å². The van der Waals surface area contributed by atoms with Crippen molar-refractivity contribution in [1.82, 2.24) is 24.7 Å². The van der Waals surface area contributed by atoms with Gasteiger partial charge in [0.2, 0.25) is 5.82 Å². The van der Waals surface area contributed by atoms with Crippen LogP contribution < -0.4 is 4.90 Å². The van der Waals surface area contributed by atoms with Crippen molar-refractivity contribution in [1.29, 1.82) is 0 Å². The van der Waals surface area contributed by atoms with Gasteiger partial charge in [0.15, 0.2) is 0 Å². The molecule has 0 bridgehead atoms. The van der Waals surface area contributed by atoms with Crippen LogP contribution in [-0.2, 0) is 5.41 Å². The van der Waals surface area contributed by atoms with Crippen molar-refractivity contribution >= 4 is 11.8 Å². The number of hydrogen-bond acceptors (Lipinski definition) is 6. The summed E-state index contributed by atoms with van der Waals surface area (Å²) >= 11 is 0. The molecule has 4 rings (SSSR count). The number of aromatic nitrogens is 5. The van der Waals surface area contributed by atoms with E-state index in [1.807, 2.05) is 33.2 Å². The van der Waals surface area contributed by atoms with Crippen molar-refractivity contribution in [3.8, 4) is 0 Å². The zero-order valence-corrected chi connectivity index (χ0v) is 16.1. The van der Waals surface area contributed by atoms with Gasteiger partial charge in [-0.05, 0) is 25.7 Å². The topological polar surface area (TPSA) is 97.0 Å². The molecule has 1 N–H and O–H groups in total. The van der Waals surface area contributed by atoms with Crippen LogP contribution in [0.2, 0.25) is 0 Å². The Labute approximate surface area is 158 Å². The fourth-order valence-electron chi connectivity index (χ4n) is 3.62. The van der Waals surface area contributed by atoms with E-state index in [1.165, 1.54) is 12.8 Å². The van der Waals surface area contributed by atoms with E-state index in [-0.39, 0.29) is 11.2 Å². The summed E-state index contributed by atoms with van der Waals surface area (Å²) in [7, 11) is 0. The smallest absolute Gasteiger partial charge is 0.374 e. The molecule has 1 saturated heterocycles. The van der Waals surface area contributed by atoms with Gasteiger partial charge in [-0.1, -0.05) is 20.8 Å². The van der Waals surface area contributed by atoms with Crippen LogP contribution in [0, 0.1) is 0 Å². The fourth-order valence-corrected chi connectivity index (χ4v) is 3.62. The largest absolute Gasteiger partial charge is 0.475 e. The minimum absolute atomic E-state index is 0.131. The minimum Gasteiger partial charge on any atom is -0.475 e. The molecule has 0 aromatic carbocycles. The van der Waals surface area contributed by atoms with Gasteiger partial charge in [-0.25, -0.2) is 14.8 Å². The number of carboxylic acid groups (broad SMARTS) is 1. The lowest BCUT2D eigenvalue weighted by Gasteiger charge is -2.33. The Morgan fingerprint density at radius 2 is 1.85 bits per heavy atom. The van der Waals surface area contributed by atoms with Crippen molar-refractivity contribution in [3.05, 3.63) is 29.7 Å². The molecule has 1 saturated carbocycles. The number of anilines is 1. The van der Waals surface area contributed by atoms with Crippen molar-refractivity contribution in [2.45, 2.75) is 63.8 Å². The van der Waals surface area contributed by atoms with Gasteiger partial charge < -0.3 is 14.6 Å². The third kappa shape index (κ3) is 3.65. The monoisotopic (exact) mass is 370 g/mol. The summed E-state index contributed by atoms with van der Waals surface area (Å²) in [5.41, 5.74) is 0.515. The quantitative estimate of drug-likeness (QED) is 0.884. The zero-order valence-electron chi connectivity index (χ0n) is 16.1. The van der Waals surface area contributed by atoms with Crippen LogP contribution in [0.4, 0.5) is 5.82 Å². The van der Waals surface area contributed by atoms with Gasteiger partial charge in [0, 0.05) is 36.5 Å². The number of hydrogen-bond donors (Lipinski definition) is 1. The van der Waals surface area contributed by atoms with Crippen molar-refractivity contribution < 1.29 is 9.90 Å². The molecule has 0 amide bonds. The minimum atomic E-state index is -1.09. The van der Waals surface area contributed by atoms with Crippen LogP contribution in [-0.4, -0.2) is 48.9 Å². The summed E-state index contributed by atoms with van der Waals surface area (Å²) in [5, 5.41) is 17.9. The average Bonchev–Trinajstić information content (AvgIpc) is 3.37. The maximum Gasteiger partial charge on any atom is 0.374 e. The number of carbonyl (C=O) groups is 1. The Balaban J connectivity index is 1.53. The maximum atomic E-state index is 11.5. The van der Waals surface area contributed by atoms with Gasteiger partial charge in [0.05, 0.1) is 5.69 Å². The molecule has 1 aliphatic carbocycles. The first-order chi connectivity index (χ1) is 12.8. The van der Waals surface area contributed by atoms with Crippen LogP contribution in [0.3, 0.4) is 0 Å². The second-order valence-electron chi connectivity index (χ2n) is 8.58. The molecule has 2 aromatic rings.